The second kappa shape index (κ2) is 11.4. The van der Waals surface area contributed by atoms with Crippen molar-refractivity contribution in [3.63, 3.8) is 0 Å². The zero-order valence-corrected chi connectivity index (χ0v) is 26.0. The van der Waals surface area contributed by atoms with Crippen molar-refractivity contribution in [3.8, 4) is 0 Å². The monoisotopic (exact) mass is 622 g/mol. The smallest absolute Gasteiger partial charge is 0.280 e. The number of H-pyrrole nitrogens is 1. The first kappa shape index (κ1) is 28.4. The van der Waals surface area contributed by atoms with Gasteiger partial charge in [0.1, 0.15) is 6.23 Å². The van der Waals surface area contributed by atoms with Crippen LogP contribution >= 0.6 is 15.9 Å². The Bertz CT molecular complexity index is 1490. The van der Waals surface area contributed by atoms with E-state index in [1.165, 1.54) is 10.4 Å². The summed E-state index contributed by atoms with van der Waals surface area (Å²) >= 11 is 3.85. The van der Waals surface area contributed by atoms with Gasteiger partial charge in [0.2, 0.25) is 5.95 Å². The van der Waals surface area contributed by atoms with Crippen LogP contribution in [0.15, 0.2) is 76.8 Å². The molecule has 40 heavy (non-hydrogen) atoms. The van der Waals surface area contributed by atoms with Gasteiger partial charge in [0, 0.05) is 25.3 Å². The minimum Gasteiger partial charge on any atom is -0.405 e. The van der Waals surface area contributed by atoms with Crippen molar-refractivity contribution in [2.24, 2.45) is 4.99 Å². The van der Waals surface area contributed by atoms with Gasteiger partial charge < -0.3 is 14.1 Å². The van der Waals surface area contributed by atoms with E-state index in [1.54, 1.807) is 17.6 Å². The highest BCUT2D eigenvalue weighted by Gasteiger charge is 2.51. The van der Waals surface area contributed by atoms with Crippen molar-refractivity contribution >= 4 is 58.1 Å². The largest absolute Gasteiger partial charge is 0.405 e. The highest BCUT2D eigenvalue weighted by atomic mass is 79.9. The van der Waals surface area contributed by atoms with Crippen molar-refractivity contribution in [2.45, 2.75) is 49.4 Å². The molecule has 210 valence electrons. The lowest BCUT2D eigenvalue weighted by molar-refractivity contribution is -0.0164. The normalized spacial score (nSPS) is 20.0. The van der Waals surface area contributed by atoms with E-state index >= 15 is 0 Å². The maximum absolute atomic E-state index is 12.7. The van der Waals surface area contributed by atoms with E-state index in [4.69, 9.17) is 9.16 Å². The molecule has 1 N–H and O–H groups in total. The molecular weight excluding hydrogens is 588 g/mol. The van der Waals surface area contributed by atoms with Crippen LogP contribution in [0.5, 0.6) is 0 Å². The average molecular weight is 624 g/mol. The van der Waals surface area contributed by atoms with Crippen LogP contribution in [0.4, 0.5) is 5.95 Å². The molecule has 9 nitrogen and oxygen atoms in total. The van der Waals surface area contributed by atoms with Gasteiger partial charge in [-0.1, -0.05) is 97.4 Å². The summed E-state index contributed by atoms with van der Waals surface area (Å²) in [7, 11) is 0.989. The molecule has 3 heterocycles. The topological polar surface area (TPSA) is 97.6 Å². The van der Waals surface area contributed by atoms with E-state index in [0.717, 1.165) is 0 Å². The first-order valence-electron chi connectivity index (χ1n) is 13.3. The number of rotatable bonds is 8. The fourth-order valence-electron chi connectivity index (χ4n) is 5.34. The molecule has 1 aliphatic rings. The Kier molecular flexibility index (Phi) is 8.09. The molecule has 0 aliphatic carbocycles. The van der Waals surface area contributed by atoms with Gasteiger partial charge in [-0.15, -0.1) is 0 Å². The van der Waals surface area contributed by atoms with Crippen molar-refractivity contribution in [1.29, 1.82) is 0 Å². The summed E-state index contributed by atoms with van der Waals surface area (Å²) in [6.07, 6.45) is 3.30. The predicted molar refractivity (Wildman–Crippen MR) is 165 cm³/mol. The SMILES string of the molecule is CN(C)C=Nc1nc2c(ncn2[C@H]2C[C@H](Br)[C@@H](CO[Si](c3ccccc3)(c3ccccc3)C(C)(C)C)O2)c(=O)[nH]1. The zero-order chi connectivity index (χ0) is 28.5. The minimum absolute atomic E-state index is 0.0430. The van der Waals surface area contributed by atoms with Crippen molar-refractivity contribution < 1.29 is 9.16 Å². The maximum Gasteiger partial charge on any atom is 0.280 e. The standard InChI is InChI=1S/C29H35BrN6O3Si/c1-29(2,3)40(20-12-8-6-9-13-20,21-14-10-7-11-15-21)38-17-23-22(30)16-24(39-23)36-19-31-25-26(36)33-28(34-27(25)37)32-18-35(4)5/h6-15,18-19,22-24H,16-17H2,1-5H3,(H,33,34,37)/t22-,23+,24+/m0/s1. The minimum atomic E-state index is -2.71. The summed E-state index contributed by atoms with van der Waals surface area (Å²) < 4.78 is 15.5. The number of fused-ring (bicyclic) bond motifs is 1. The van der Waals surface area contributed by atoms with Crippen molar-refractivity contribution in [3.05, 3.63) is 77.3 Å². The molecule has 0 spiro atoms. The number of ether oxygens (including phenoxy) is 1. The molecule has 0 amide bonds. The van der Waals surface area contributed by atoms with Gasteiger partial charge >= 0.3 is 0 Å². The van der Waals surface area contributed by atoms with E-state index in [-0.39, 0.29) is 39.2 Å². The van der Waals surface area contributed by atoms with E-state index in [2.05, 4.69) is 105 Å². The van der Waals surface area contributed by atoms with Crippen LogP contribution < -0.4 is 15.9 Å². The molecule has 2 aromatic heterocycles. The predicted octanol–water partition coefficient (Wildman–Crippen LogP) is 3.97. The average Bonchev–Trinajstić information content (AvgIpc) is 3.52. The number of aliphatic imine (C=N–C) groups is 1. The first-order chi connectivity index (χ1) is 19.1. The summed E-state index contributed by atoms with van der Waals surface area (Å²) in [4.78, 5) is 30.3. The molecular formula is C29H35BrN6O3Si. The van der Waals surface area contributed by atoms with Gasteiger partial charge in [0.05, 0.1) is 25.4 Å². The Hall–Kier alpha value is -3.12. The Morgan fingerprint density at radius 3 is 2.35 bits per heavy atom. The number of hydrogen-bond donors (Lipinski definition) is 1. The van der Waals surface area contributed by atoms with Crippen LogP contribution in [0.25, 0.3) is 11.2 Å². The molecule has 0 unspecified atom stereocenters. The second-order valence-electron chi connectivity index (χ2n) is 11.3. The summed E-state index contributed by atoms with van der Waals surface area (Å²) in [5.41, 5.74) is 0.355. The second-order valence-corrected chi connectivity index (χ2v) is 16.8. The molecule has 3 atom stereocenters. The van der Waals surface area contributed by atoms with E-state index in [1.807, 2.05) is 30.8 Å². The Morgan fingerprint density at radius 2 is 1.77 bits per heavy atom. The summed E-state index contributed by atoms with van der Waals surface area (Å²) in [6.45, 7) is 7.21. The zero-order valence-electron chi connectivity index (χ0n) is 23.4. The summed E-state index contributed by atoms with van der Waals surface area (Å²) in [5, 5.41) is 2.32. The lowest BCUT2D eigenvalue weighted by atomic mass is 10.2. The third kappa shape index (κ3) is 5.43. The fourth-order valence-corrected chi connectivity index (χ4v) is 10.5. The van der Waals surface area contributed by atoms with Crippen LogP contribution in [0, 0.1) is 0 Å². The van der Waals surface area contributed by atoms with Gasteiger partial charge in [-0.05, 0) is 15.4 Å². The van der Waals surface area contributed by atoms with Gasteiger partial charge in [-0.2, -0.15) is 4.98 Å². The van der Waals surface area contributed by atoms with Gasteiger partial charge in [0.25, 0.3) is 13.9 Å². The number of alkyl halides is 1. The molecule has 0 radical (unpaired) electrons. The van der Waals surface area contributed by atoms with Gasteiger partial charge in [0.15, 0.2) is 11.2 Å². The summed E-state index contributed by atoms with van der Waals surface area (Å²) in [5.74, 6) is 0.216. The van der Waals surface area contributed by atoms with E-state index in [0.29, 0.717) is 18.7 Å². The lowest BCUT2D eigenvalue weighted by Crippen LogP contribution is -2.67. The molecule has 4 aromatic rings. The lowest BCUT2D eigenvalue weighted by Gasteiger charge is -2.43. The molecule has 0 saturated carbocycles. The van der Waals surface area contributed by atoms with Crippen molar-refractivity contribution in [1.82, 2.24) is 24.4 Å². The number of aromatic amines is 1. The molecule has 2 aromatic carbocycles. The molecule has 11 heteroatoms. The number of halogens is 1. The number of aromatic nitrogens is 4. The van der Waals surface area contributed by atoms with Crippen molar-refractivity contribution in [2.75, 3.05) is 20.7 Å². The van der Waals surface area contributed by atoms with Crippen LogP contribution in [-0.2, 0) is 9.16 Å². The highest BCUT2D eigenvalue weighted by molar-refractivity contribution is 9.09. The molecule has 5 rings (SSSR count). The van der Waals surface area contributed by atoms with Crippen LogP contribution in [0.2, 0.25) is 5.04 Å². The van der Waals surface area contributed by atoms with Crippen LogP contribution in [-0.4, -0.2) is 70.7 Å². The third-order valence-corrected chi connectivity index (χ3v) is 13.2. The molecule has 0 bridgehead atoms. The van der Waals surface area contributed by atoms with Crippen LogP contribution in [0.1, 0.15) is 33.4 Å². The molecule has 1 aliphatic heterocycles. The summed E-state index contributed by atoms with van der Waals surface area (Å²) in [6, 6.07) is 21.2. The fraction of sp³-hybridized carbons (Fsp3) is 0.379. The molecule has 1 saturated heterocycles. The van der Waals surface area contributed by atoms with Gasteiger partial charge in [-0.3, -0.25) is 14.3 Å². The van der Waals surface area contributed by atoms with E-state index < -0.39 is 8.32 Å². The number of nitrogens with zero attached hydrogens (tertiary/aromatic N) is 5. The van der Waals surface area contributed by atoms with Gasteiger partial charge in [-0.25, -0.2) is 9.98 Å². The van der Waals surface area contributed by atoms with Crippen LogP contribution in [0.3, 0.4) is 0 Å². The number of nitrogens with one attached hydrogen (secondary N) is 1. The quantitative estimate of drug-likeness (QED) is 0.138. The first-order valence-corrected chi connectivity index (χ1v) is 16.1. The Morgan fingerprint density at radius 1 is 1.15 bits per heavy atom. The number of benzene rings is 2. The van der Waals surface area contributed by atoms with E-state index in [9.17, 15) is 4.79 Å². The Balaban J connectivity index is 1.44. The highest BCUT2D eigenvalue weighted by Crippen LogP contribution is 2.39. The Labute approximate surface area is 243 Å². The third-order valence-electron chi connectivity index (χ3n) is 7.18. The number of imidazole rings is 1. The molecule has 1 fully saturated rings. The number of hydrogen-bond acceptors (Lipinski definition) is 6. The maximum atomic E-state index is 12.7.